The van der Waals surface area contributed by atoms with Gasteiger partial charge in [0, 0.05) is 17.0 Å². The Morgan fingerprint density at radius 3 is 2.65 bits per heavy atom. The number of imidazole rings is 1. The largest absolute Gasteiger partial charge is 0.322 e. The second-order valence-corrected chi connectivity index (χ2v) is 5.24. The monoisotopic (exact) mass is 339 g/mol. The lowest BCUT2D eigenvalue weighted by molar-refractivity contribution is 0.318. The van der Waals surface area contributed by atoms with Gasteiger partial charge in [-0.3, -0.25) is 4.90 Å². The lowest BCUT2D eigenvalue weighted by atomic mass is 10.2. The summed E-state index contributed by atoms with van der Waals surface area (Å²) in [5.74, 6) is -0.243. The van der Waals surface area contributed by atoms with Crippen molar-refractivity contribution < 1.29 is 19.2 Å². The van der Waals surface area contributed by atoms with Crippen LogP contribution < -0.4 is 0 Å². The summed E-state index contributed by atoms with van der Waals surface area (Å²) >= 11 is 5.88. The molecule has 1 saturated heterocycles. The lowest BCUT2D eigenvalue weighted by Crippen LogP contribution is -2.21. The first-order valence-corrected chi connectivity index (χ1v) is 7.19. The molecule has 1 aliphatic heterocycles. The molecular weight excluding hydrogens is 306 g/mol. The molecule has 0 N–H and O–H groups in total. The Hall–Kier alpha value is -1.84. The van der Waals surface area contributed by atoms with Crippen LogP contribution in [0.25, 0.3) is 11.0 Å². The van der Waals surface area contributed by atoms with Gasteiger partial charge in [0.15, 0.2) is 0 Å². The normalized spacial score (nSPS) is 29.3. The zero-order valence-electron chi connectivity index (χ0n) is 25.8. The van der Waals surface area contributed by atoms with Gasteiger partial charge in [0.1, 0.15) is 5.82 Å². The number of hydrogen-bond donors (Lipinski definition) is 0. The highest BCUT2D eigenvalue weighted by atomic mass is 35.5. The third-order valence-electron chi connectivity index (χ3n) is 3.28. The maximum atomic E-state index is 8.94. The van der Waals surface area contributed by atoms with Crippen LogP contribution >= 0.6 is 11.6 Å². The minimum atomic E-state index is -2.95. The van der Waals surface area contributed by atoms with Crippen LogP contribution in [-0.4, -0.2) is 27.5 Å². The molecule has 0 aliphatic carbocycles. The summed E-state index contributed by atoms with van der Waals surface area (Å²) < 4.78 is 116. The van der Waals surface area contributed by atoms with E-state index in [9.17, 15) is 0 Å². The van der Waals surface area contributed by atoms with E-state index in [0.29, 0.717) is 0 Å². The summed E-state index contributed by atoms with van der Waals surface area (Å²) in [5.41, 5.74) is -1.46. The lowest BCUT2D eigenvalue weighted by Gasteiger charge is -2.16. The summed E-state index contributed by atoms with van der Waals surface area (Å²) in [6.07, 6.45) is -4.49. The fourth-order valence-corrected chi connectivity index (χ4v) is 2.34. The van der Waals surface area contributed by atoms with Gasteiger partial charge in [0.05, 0.1) is 31.3 Å². The number of halogens is 1. The van der Waals surface area contributed by atoms with Gasteiger partial charge >= 0.3 is 0 Å². The molecule has 118 valence electrons. The van der Waals surface area contributed by atoms with E-state index >= 15 is 0 Å². The van der Waals surface area contributed by atoms with Crippen LogP contribution in [0.1, 0.15) is 43.3 Å². The molecule has 2 heterocycles. The Balaban J connectivity index is 2.05. The zero-order chi connectivity index (χ0) is 28.0. The summed E-state index contributed by atoms with van der Waals surface area (Å²) in [6, 6.07) is -5.53. The van der Waals surface area contributed by atoms with Gasteiger partial charge in [0.25, 0.3) is 0 Å². The van der Waals surface area contributed by atoms with Crippen molar-refractivity contribution in [2.45, 2.75) is 25.8 Å². The first kappa shape index (κ1) is 5.91. The van der Waals surface area contributed by atoms with Crippen LogP contribution in [0.2, 0.25) is 5.02 Å². The molecule has 1 fully saturated rings. The molecule has 0 bridgehead atoms. The van der Waals surface area contributed by atoms with Gasteiger partial charge < -0.3 is 4.57 Å². The maximum absolute atomic E-state index is 8.94. The molecule has 0 radical (unpaired) electrons. The minimum absolute atomic E-state index is 0.243. The van der Waals surface area contributed by atoms with Crippen LogP contribution in [0.3, 0.4) is 0 Å². The number of hydrogen-bond acceptors (Lipinski definition) is 2. The van der Waals surface area contributed by atoms with E-state index in [-0.39, 0.29) is 31.0 Å². The van der Waals surface area contributed by atoms with Gasteiger partial charge in [-0.05, 0) is 55.6 Å². The van der Waals surface area contributed by atoms with Crippen molar-refractivity contribution in [2.75, 3.05) is 13.1 Å². The van der Waals surface area contributed by atoms with Crippen LogP contribution in [-0.2, 0) is 13.0 Å². The maximum Gasteiger partial charge on any atom is 0.124 e. The summed E-state index contributed by atoms with van der Waals surface area (Å²) in [5, 5.41) is -0.520. The number of para-hydroxylation sites is 2. The van der Waals surface area contributed by atoms with Gasteiger partial charge in [-0.25, -0.2) is 4.98 Å². The number of rotatable bonds is 4. The highest BCUT2D eigenvalue weighted by molar-refractivity contribution is 6.30. The van der Waals surface area contributed by atoms with Gasteiger partial charge in [-0.1, -0.05) is 35.8 Å². The fourth-order valence-electron chi connectivity index (χ4n) is 2.24. The molecule has 0 saturated carbocycles. The molecule has 1 aromatic heterocycles. The van der Waals surface area contributed by atoms with Crippen LogP contribution in [0.5, 0.6) is 0 Å². The minimum Gasteiger partial charge on any atom is -0.322 e. The van der Waals surface area contributed by atoms with Crippen molar-refractivity contribution >= 4 is 22.6 Å². The second kappa shape index (κ2) is 6.34. The topological polar surface area (TPSA) is 21.1 Å². The molecule has 1 aliphatic rings. The number of aromatic nitrogens is 2. The Kier molecular flexibility index (Phi) is 1.63. The van der Waals surface area contributed by atoms with Crippen LogP contribution in [0, 0.1) is 0 Å². The van der Waals surface area contributed by atoms with E-state index in [0.717, 1.165) is 4.57 Å². The molecular formula is C19H20ClN3. The summed E-state index contributed by atoms with van der Waals surface area (Å²) in [4.78, 5) is 5.55. The molecule has 23 heavy (non-hydrogen) atoms. The van der Waals surface area contributed by atoms with Crippen molar-refractivity contribution in [1.82, 2.24) is 14.5 Å². The van der Waals surface area contributed by atoms with Crippen molar-refractivity contribution in [1.29, 1.82) is 0 Å². The Morgan fingerprint density at radius 1 is 1.13 bits per heavy atom. The van der Waals surface area contributed by atoms with Crippen molar-refractivity contribution in [3.05, 3.63) is 64.7 Å². The SMILES string of the molecule is [2H]c1c([2H])c(C([2H])([2H])n2c(CN3CC([2H])([2H])C([2H])([2H])C3)nc3c([2H])c([2H])c([2H])c([2H])c32)c([2H])c([2H])c1Cl. The standard InChI is InChI=1S/C19H20ClN3/c20-16-9-7-15(8-10-16)13-23-18-6-2-1-5-17(18)21-19(23)14-22-11-3-4-12-22/h1-2,5-10H,3-4,11-14H2/i1D,2D,3D2,4D2,5D,6D,7D,8D,9D,10D,13D2. The number of likely N-dealkylation sites (tertiary alicyclic amines) is 1. The third-order valence-corrected chi connectivity index (χ3v) is 3.47. The molecule has 4 rings (SSSR count). The highest BCUT2D eigenvalue weighted by Gasteiger charge is 2.17. The molecule has 0 atom stereocenters. The predicted molar refractivity (Wildman–Crippen MR) is 94.8 cm³/mol. The molecule has 0 amide bonds. The Bertz CT molecular complexity index is 1410. The summed E-state index contributed by atoms with van der Waals surface area (Å²) in [7, 11) is 0. The van der Waals surface area contributed by atoms with E-state index in [4.69, 9.17) is 30.8 Å². The van der Waals surface area contributed by atoms with Gasteiger partial charge in [-0.15, -0.1) is 0 Å². The zero-order valence-corrected chi connectivity index (χ0v) is 12.6. The molecule has 0 unspecified atom stereocenters. The number of nitrogens with zero attached hydrogens (tertiary/aromatic N) is 3. The molecule has 0 spiro atoms. The third kappa shape index (κ3) is 3.12. The van der Waals surface area contributed by atoms with Crippen molar-refractivity contribution in [3.8, 4) is 0 Å². The average molecular weight is 340 g/mol. The van der Waals surface area contributed by atoms with Gasteiger partial charge in [0.2, 0.25) is 0 Å². The quantitative estimate of drug-likeness (QED) is 0.705. The number of benzene rings is 2. The van der Waals surface area contributed by atoms with Crippen LogP contribution in [0.4, 0.5) is 0 Å². The van der Waals surface area contributed by atoms with E-state index in [1.54, 1.807) is 0 Å². The van der Waals surface area contributed by atoms with E-state index in [2.05, 4.69) is 4.98 Å². The highest BCUT2D eigenvalue weighted by Crippen LogP contribution is 2.21. The summed E-state index contributed by atoms with van der Waals surface area (Å²) in [6.45, 7) is -4.10. The fraction of sp³-hybridized carbons (Fsp3) is 0.316. The smallest absolute Gasteiger partial charge is 0.124 e. The molecule has 3 aromatic rings. The average Bonchev–Trinajstić information content (AvgIpc) is 3.27. The van der Waals surface area contributed by atoms with E-state index in [1.165, 1.54) is 4.90 Å². The van der Waals surface area contributed by atoms with Crippen molar-refractivity contribution in [3.63, 3.8) is 0 Å². The van der Waals surface area contributed by atoms with Gasteiger partial charge in [-0.2, -0.15) is 0 Å². The van der Waals surface area contributed by atoms with Crippen molar-refractivity contribution in [2.24, 2.45) is 0 Å². The first-order valence-electron chi connectivity index (χ1n) is 13.8. The Labute approximate surface area is 161 Å². The molecule has 3 nitrogen and oxygen atoms in total. The molecule has 2 aromatic carbocycles. The van der Waals surface area contributed by atoms with Crippen LogP contribution in [0.15, 0.2) is 48.3 Å². The van der Waals surface area contributed by atoms with E-state index < -0.39 is 83.7 Å². The Morgan fingerprint density at radius 2 is 1.87 bits per heavy atom. The second-order valence-electron chi connectivity index (χ2n) is 4.86. The predicted octanol–water partition coefficient (Wildman–Crippen LogP) is 4.33. The van der Waals surface area contributed by atoms with E-state index in [1.807, 2.05) is 0 Å². The molecule has 4 heteroatoms. The first-order chi connectivity index (χ1) is 16.8. The number of fused-ring (bicyclic) bond motifs is 1.